The number of rotatable bonds is 3. The summed E-state index contributed by atoms with van der Waals surface area (Å²) >= 11 is 7.78. The van der Waals surface area contributed by atoms with Gasteiger partial charge in [0.15, 0.2) is 11.6 Å². The lowest BCUT2D eigenvalue weighted by Crippen LogP contribution is -2.37. The number of nitriles is 1. The number of ether oxygens (including phenoxy) is 2. The van der Waals surface area contributed by atoms with Gasteiger partial charge in [0.1, 0.15) is 34.8 Å². The molecule has 3 heterocycles. The number of benzene rings is 2. The summed E-state index contributed by atoms with van der Waals surface area (Å²) in [7, 11) is 1.41. The number of nitrogens with two attached hydrogens (primary N) is 2. The number of hydrogen-bond donors (Lipinski definition) is 2. The Morgan fingerprint density at radius 2 is 2.08 bits per heavy atom. The SMILES string of the molecule is COc1nc2c3c(c(Cl)c(-c4ccc(F)c5sc(N)c(C#N)c45)c(F)c3n1)OCCN2C1CCC(N)C1. The highest BCUT2D eigenvalue weighted by Gasteiger charge is 2.35. The molecule has 1 saturated carbocycles. The zero-order valence-corrected chi connectivity index (χ0v) is 21.2. The normalized spacial score (nSPS) is 19.2. The lowest BCUT2D eigenvalue weighted by Gasteiger charge is -2.29. The fraction of sp³-hybridized carbons (Fsp3) is 0.320. The minimum Gasteiger partial charge on any atom is -0.489 e. The van der Waals surface area contributed by atoms with Crippen LogP contribution in [0, 0.1) is 23.0 Å². The third kappa shape index (κ3) is 3.54. The molecule has 190 valence electrons. The third-order valence-electron chi connectivity index (χ3n) is 7.06. The molecule has 1 aliphatic carbocycles. The highest BCUT2D eigenvalue weighted by molar-refractivity contribution is 7.23. The number of methoxy groups -OCH3 is 1. The summed E-state index contributed by atoms with van der Waals surface area (Å²) in [5.74, 6) is -0.654. The van der Waals surface area contributed by atoms with Crippen LogP contribution in [-0.2, 0) is 0 Å². The summed E-state index contributed by atoms with van der Waals surface area (Å²) in [6.45, 7) is 0.743. The molecule has 37 heavy (non-hydrogen) atoms. The topological polar surface area (TPSA) is 123 Å². The van der Waals surface area contributed by atoms with Gasteiger partial charge in [0, 0.05) is 23.0 Å². The van der Waals surface area contributed by atoms with Crippen molar-refractivity contribution >= 4 is 54.7 Å². The van der Waals surface area contributed by atoms with E-state index in [4.69, 9.17) is 32.5 Å². The van der Waals surface area contributed by atoms with Gasteiger partial charge in [-0.1, -0.05) is 17.7 Å². The van der Waals surface area contributed by atoms with E-state index in [1.165, 1.54) is 19.2 Å². The van der Waals surface area contributed by atoms with Gasteiger partial charge in [-0.3, -0.25) is 0 Å². The molecular weight excluding hydrogens is 522 g/mol. The fourth-order valence-corrected chi connectivity index (χ4v) is 6.68. The van der Waals surface area contributed by atoms with Gasteiger partial charge in [-0.2, -0.15) is 15.2 Å². The van der Waals surface area contributed by atoms with E-state index in [0.29, 0.717) is 17.7 Å². The first-order valence-corrected chi connectivity index (χ1v) is 12.9. The molecule has 4 aromatic rings. The molecule has 2 aromatic heterocycles. The number of nitrogens with zero attached hydrogens (tertiary/aromatic N) is 4. The highest BCUT2D eigenvalue weighted by atomic mass is 35.5. The van der Waals surface area contributed by atoms with Gasteiger partial charge in [-0.15, -0.1) is 11.3 Å². The molecule has 2 atom stereocenters. The average molecular weight is 543 g/mol. The van der Waals surface area contributed by atoms with Gasteiger partial charge in [0.25, 0.3) is 0 Å². The Morgan fingerprint density at radius 3 is 2.78 bits per heavy atom. The predicted molar refractivity (Wildman–Crippen MR) is 139 cm³/mol. The molecule has 1 fully saturated rings. The molecule has 0 bridgehead atoms. The average Bonchev–Trinajstić information content (AvgIpc) is 3.40. The Balaban J connectivity index is 1.69. The number of anilines is 2. The zero-order chi connectivity index (χ0) is 26.0. The lowest BCUT2D eigenvalue weighted by molar-refractivity contribution is 0.326. The maximum absolute atomic E-state index is 16.5. The minimum absolute atomic E-state index is 0.0171. The summed E-state index contributed by atoms with van der Waals surface area (Å²) in [6.07, 6.45) is 2.50. The predicted octanol–water partition coefficient (Wildman–Crippen LogP) is 4.98. The van der Waals surface area contributed by atoms with Crippen LogP contribution in [0.4, 0.5) is 19.6 Å². The van der Waals surface area contributed by atoms with Gasteiger partial charge >= 0.3 is 6.01 Å². The van der Waals surface area contributed by atoms with E-state index >= 15 is 4.39 Å². The molecule has 1 aliphatic heterocycles. The summed E-state index contributed by atoms with van der Waals surface area (Å²) in [5.41, 5.74) is 12.3. The quantitative estimate of drug-likeness (QED) is 0.371. The number of hydrogen-bond acceptors (Lipinski definition) is 9. The van der Waals surface area contributed by atoms with Crippen LogP contribution in [0.5, 0.6) is 11.8 Å². The molecule has 4 N–H and O–H groups in total. The standard InChI is InChI=1S/C25H21ClF2N6O2S/c1-35-25-32-20-17-21(36-7-6-34(24(17)33-25)11-3-2-10(30)8-11)18(26)16(19(20)28)12-4-5-14(27)22-15(12)13(9-29)23(31)37-22/h4-5,10-11H,2-3,6-8,30-31H2,1H3. The van der Waals surface area contributed by atoms with Crippen molar-refractivity contribution in [2.75, 3.05) is 30.9 Å². The Hall–Kier alpha value is -3.46. The zero-order valence-electron chi connectivity index (χ0n) is 19.6. The molecule has 0 spiro atoms. The number of nitrogen functional groups attached to an aromatic ring is 1. The van der Waals surface area contributed by atoms with Crippen molar-refractivity contribution in [2.24, 2.45) is 5.73 Å². The van der Waals surface area contributed by atoms with Crippen LogP contribution >= 0.6 is 22.9 Å². The van der Waals surface area contributed by atoms with Crippen molar-refractivity contribution < 1.29 is 18.3 Å². The van der Waals surface area contributed by atoms with E-state index < -0.39 is 11.6 Å². The molecule has 12 heteroatoms. The molecule has 8 nitrogen and oxygen atoms in total. The molecule has 6 rings (SSSR count). The van der Waals surface area contributed by atoms with Crippen LogP contribution in [0.1, 0.15) is 24.8 Å². The maximum Gasteiger partial charge on any atom is 0.318 e. The summed E-state index contributed by atoms with van der Waals surface area (Å²) in [5, 5.41) is 10.4. The van der Waals surface area contributed by atoms with E-state index in [2.05, 4.69) is 14.9 Å². The number of fused-ring (bicyclic) bond motifs is 1. The second-order valence-corrected chi connectivity index (χ2v) is 10.5. The first-order valence-electron chi connectivity index (χ1n) is 11.7. The Kier molecular flexibility index (Phi) is 5.71. The summed E-state index contributed by atoms with van der Waals surface area (Å²) in [6, 6.07) is 4.74. The van der Waals surface area contributed by atoms with E-state index in [1.807, 2.05) is 6.07 Å². The first-order chi connectivity index (χ1) is 17.8. The minimum atomic E-state index is -0.763. The van der Waals surface area contributed by atoms with Gasteiger partial charge in [0.05, 0.1) is 34.3 Å². The van der Waals surface area contributed by atoms with Crippen LogP contribution in [0.3, 0.4) is 0 Å². The lowest BCUT2D eigenvalue weighted by atomic mass is 9.96. The number of aromatic nitrogens is 2. The van der Waals surface area contributed by atoms with Gasteiger partial charge in [-0.05, 0) is 30.9 Å². The van der Waals surface area contributed by atoms with Crippen LogP contribution in [0.25, 0.3) is 32.1 Å². The van der Waals surface area contributed by atoms with Crippen molar-refractivity contribution in [3.05, 3.63) is 34.4 Å². The fourth-order valence-electron chi connectivity index (χ4n) is 5.40. The highest BCUT2D eigenvalue weighted by Crippen LogP contribution is 2.51. The van der Waals surface area contributed by atoms with E-state index in [-0.39, 0.29) is 72.8 Å². The smallest absolute Gasteiger partial charge is 0.318 e. The van der Waals surface area contributed by atoms with E-state index in [9.17, 15) is 9.65 Å². The van der Waals surface area contributed by atoms with Crippen LogP contribution in [0.2, 0.25) is 5.02 Å². The number of halogens is 3. The van der Waals surface area contributed by atoms with Crippen molar-refractivity contribution in [1.29, 1.82) is 5.26 Å². The molecule has 2 unspecified atom stereocenters. The molecule has 0 saturated heterocycles. The molecule has 0 radical (unpaired) electrons. The van der Waals surface area contributed by atoms with E-state index in [1.54, 1.807) is 0 Å². The van der Waals surface area contributed by atoms with Crippen molar-refractivity contribution in [3.63, 3.8) is 0 Å². The Bertz CT molecular complexity index is 1640. The maximum atomic E-state index is 16.5. The van der Waals surface area contributed by atoms with Crippen LogP contribution in [-0.4, -0.2) is 42.3 Å². The monoisotopic (exact) mass is 542 g/mol. The van der Waals surface area contributed by atoms with Crippen molar-refractivity contribution in [3.8, 4) is 29.0 Å². The van der Waals surface area contributed by atoms with Gasteiger partial charge < -0.3 is 25.8 Å². The largest absolute Gasteiger partial charge is 0.489 e. The van der Waals surface area contributed by atoms with E-state index in [0.717, 1.165) is 30.6 Å². The number of thiophene rings is 1. The van der Waals surface area contributed by atoms with Crippen molar-refractivity contribution in [1.82, 2.24) is 9.97 Å². The Labute approximate surface area is 219 Å². The Morgan fingerprint density at radius 1 is 1.27 bits per heavy atom. The molecule has 2 aromatic carbocycles. The second kappa shape index (κ2) is 8.83. The summed E-state index contributed by atoms with van der Waals surface area (Å²) in [4.78, 5) is 11.0. The molecule has 2 aliphatic rings. The van der Waals surface area contributed by atoms with Crippen molar-refractivity contribution in [2.45, 2.75) is 31.3 Å². The first kappa shape index (κ1) is 23.9. The second-order valence-electron chi connectivity index (χ2n) is 9.11. The van der Waals surface area contributed by atoms with Crippen LogP contribution in [0.15, 0.2) is 12.1 Å². The summed E-state index contributed by atoms with van der Waals surface area (Å²) < 4.78 is 42.8. The van der Waals surface area contributed by atoms with Gasteiger partial charge in [0.2, 0.25) is 0 Å². The van der Waals surface area contributed by atoms with Gasteiger partial charge in [-0.25, -0.2) is 8.78 Å². The van der Waals surface area contributed by atoms with Crippen LogP contribution < -0.4 is 25.8 Å². The molecular formula is C25H21ClF2N6O2S. The third-order valence-corrected chi connectivity index (χ3v) is 8.45. The molecule has 0 amide bonds.